The van der Waals surface area contributed by atoms with Crippen molar-refractivity contribution in [1.82, 2.24) is 0 Å². The molecule has 14 nitrogen and oxygen atoms in total. The van der Waals surface area contributed by atoms with Crippen LogP contribution < -0.4 is 0 Å². The molecule has 4 unspecified atom stereocenters. The summed E-state index contributed by atoms with van der Waals surface area (Å²) in [6.45, 7) is -0.685. The van der Waals surface area contributed by atoms with E-state index in [4.69, 9.17) is 20.5 Å². The molecule has 1 aliphatic heterocycles. The molecule has 146 valence electrons. The molecule has 2 fully saturated rings. The largest absolute Gasteiger partial charge is 0.394 e. The zero-order chi connectivity index (χ0) is 19.4. The highest BCUT2D eigenvalue weighted by Gasteiger charge is 2.49. The molecule has 6 N–H and O–H groups in total. The van der Waals surface area contributed by atoms with Gasteiger partial charge in [0.15, 0.2) is 6.29 Å². The SMILES string of the molecule is [N-]=[N+]=NC1[C@@H](O[C@@H]2C(N=[N+]=[N-])C[C@@H](O)C(O)[C@H]2O)OC(CO)[C@@H](O)[C@@H]1O. The summed E-state index contributed by atoms with van der Waals surface area (Å²) in [6.07, 6.45) is -12.2. The number of azide groups is 2. The first-order valence-electron chi connectivity index (χ1n) is 7.76. The van der Waals surface area contributed by atoms with E-state index in [-0.39, 0.29) is 6.42 Å². The van der Waals surface area contributed by atoms with Crippen LogP contribution in [0.4, 0.5) is 0 Å². The molecule has 1 heterocycles. The predicted octanol–water partition coefficient (Wildman–Crippen LogP) is -2.35. The van der Waals surface area contributed by atoms with E-state index in [1.807, 2.05) is 0 Å². The van der Waals surface area contributed by atoms with Crippen LogP contribution >= 0.6 is 0 Å². The average Bonchev–Trinajstić information content (AvgIpc) is 2.62. The highest BCUT2D eigenvalue weighted by Crippen LogP contribution is 2.31. The summed E-state index contributed by atoms with van der Waals surface area (Å²) in [6, 6.07) is -2.54. The van der Waals surface area contributed by atoms with Gasteiger partial charge in [-0.25, -0.2) is 0 Å². The summed E-state index contributed by atoms with van der Waals surface area (Å²) in [5.74, 6) is 0. The lowest BCUT2D eigenvalue weighted by molar-refractivity contribution is -0.296. The van der Waals surface area contributed by atoms with Crippen LogP contribution in [0.1, 0.15) is 6.42 Å². The molecule has 2 rings (SSSR count). The van der Waals surface area contributed by atoms with E-state index in [1.165, 1.54) is 0 Å². The van der Waals surface area contributed by atoms with Gasteiger partial charge in [-0.05, 0) is 17.5 Å². The zero-order valence-electron chi connectivity index (χ0n) is 13.4. The second kappa shape index (κ2) is 8.79. The van der Waals surface area contributed by atoms with Crippen LogP contribution in [0.2, 0.25) is 0 Å². The molecule has 0 aromatic carbocycles. The standard InChI is InChI=1S/C12H20N6O8/c13-17-15-3-1-4(20)7(21)10(24)11(3)26-12-6(16-18-14)9(23)8(22)5(2-19)25-12/h3-12,19-24H,1-2H2/t3?,4-,5?,6?,7?,8-,9-,10-,11-,12-/m1/s1. The van der Waals surface area contributed by atoms with Gasteiger partial charge in [-0.3, -0.25) is 0 Å². The maximum absolute atomic E-state index is 10.2. The number of nitrogens with zero attached hydrogens (tertiary/aromatic N) is 6. The Hall–Kier alpha value is -1.70. The molecule has 1 saturated heterocycles. The van der Waals surface area contributed by atoms with Crippen molar-refractivity contribution in [2.24, 2.45) is 10.2 Å². The maximum atomic E-state index is 10.2. The Bertz CT molecular complexity index is 584. The molecule has 0 aromatic rings. The lowest BCUT2D eigenvalue weighted by Gasteiger charge is -2.45. The Morgan fingerprint density at radius 1 is 0.962 bits per heavy atom. The van der Waals surface area contributed by atoms with Crippen molar-refractivity contribution < 1.29 is 40.1 Å². The smallest absolute Gasteiger partial charge is 0.169 e. The van der Waals surface area contributed by atoms with E-state index < -0.39 is 67.7 Å². The van der Waals surface area contributed by atoms with Gasteiger partial charge in [-0.2, -0.15) is 0 Å². The summed E-state index contributed by atoms with van der Waals surface area (Å²) in [5.41, 5.74) is 17.3. The molecule has 0 aromatic heterocycles. The molecule has 14 heteroatoms. The van der Waals surface area contributed by atoms with Crippen LogP contribution in [0.25, 0.3) is 20.9 Å². The van der Waals surface area contributed by atoms with Gasteiger partial charge in [-0.1, -0.05) is 10.2 Å². The first kappa shape index (κ1) is 20.6. The molecule has 1 aliphatic carbocycles. The first-order chi connectivity index (χ1) is 12.3. The molecular formula is C12H20N6O8. The van der Waals surface area contributed by atoms with E-state index in [0.717, 1.165) is 0 Å². The number of ether oxygens (including phenoxy) is 2. The second-order valence-corrected chi connectivity index (χ2v) is 6.06. The van der Waals surface area contributed by atoms with E-state index in [0.29, 0.717) is 0 Å². The van der Waals surface area contributed by atoms with E-state index in [1.54, 1.807) is 0 Å². The van der Waals surface area contributed by atoms with Gasteiger partial charge < -0.3 is 40.1 Å². The van der Waals surface area contributed by atoms with Gasteiger partial charge >= 0.3 is 0 Å². The summed E-state index contributed by atoms with van der Waals surface area (Å²) >= 11 is 0. The molecule has 0 bridgehead atoms. The topological polar surface area (TPSA) is 237 Å². The van der Waals surface area contributed by atoms with Crippen LogP contribution in [-0.2, 0) is 9.47 Å². The van der Waals surface area contributed by atoms with Gasteiger partial charge in [0.25, 0.3) is 0 Å². The molecule has 0 amide bonds. The number of hydrogen-bond acceptors (Lipinski definition) is 10. The Labute approximate surface area is 146 Å². The van der Waals surface area contributed by atoms with Crippen LogP contribution in [0, 0.1) is 0 Å². The van der Waals surface area contributed by atoms with Gasteiger partial charge in [0.05, 0.1) is 31.0 Å². The van der Waals surface area contributed by atoms with E-state index in [9.17, 15) is 30.6 Å². The molecule has 26 heavy (non-hydrogen) atoms. The van der Waals surface area contributed by atoms with Crippen molar-refractivity contribution in [2.45, 2.75) is 67.5 Å². The van der Waals surface area contributed by atoms with Gasteiger partial charge in [-0.15, -0.1) is 0 Å². The van der Waals surface area contributed by atoms with Gasteiger partial charge in [0.1, 0.15) is 30.5 Å². The molecule has 2 aliphatic rings. The van der Waals surface area contributed by atoms with Crippen LogP contribution in [0.15, 0.2) is 10.2 Å². The minimum absolute atomic E-state index is 0.222. The number of aliphatic hydroxyl groups is 6. The number of rotatable bonds is 5. The zero-order valence-corrected chi connectivity index (χ0v) is 13.4. The second-order valence-electron chi connectivity index (χ2n) is 6.06. The molecule has 1 saturated carbocycles. The molecule has 0 spiro atoms. The summed E-state index contributed by atoms with van der Waals surface area (Å²) in [7, 11) is 0. The first-order valence-corrected chi connectivity index (χ1v) is 7.76. The fourth-order valence-electron chi connectivity index (χ4n) is 3.04. The molecule has 10 atom stereocenters. The van der Waals surface area contributed by atoms with Crippen molar-refractivity contribution in [3.05, 3.63) is 20.9 Å². The predicted molar refractivity (Wildman–Crippen MR) is 81.1 cm³/mol. The lowest BCUT2D eigenvalue weighted by atomic mass is 9.85. The van der Waals surface area contributed by atoms with Crippen molar-refractivity contribution in [3.8, 4) is 0 Å². The third-order valence-corrected chi connectivity index (χ3v) is 4.47. The Morgan fingerprint density at radius 2 is 1.62 bits per heavy atom. The summed E-state index contributed by atoms with van der Waals surface area (Å²) in [4.78, 5) is 5.14. The van der Waals surface area contributed by atoms with E-state index in [2.05, 4.69) is 20.1 Å². The maximum Gasteiger partial charge on any atom is 0.169 e. The Balaban J connectivity index is 2.28. The van der Waals surface area contributed by atoms with Crippen LogP contribution in [0.5, 0.6) is 0 Å². The highest BCUT2D eigenvalue weighted by atomic mass is 16.7. The minimum atomic E-state index is -1.68. The number of aliphatic hydroxyl groups excluding tert-OH is 6. The van der Waals surface area contributed by atoms with Crippen molar-refractivity contribution in [3.63, 3.8) is 0 Å². The van der Waals surface area contributed by atoms with E-state index >= 15 is 0 Å². The lowest BCUT2D eigenvalue weighted by Crippen LogP contribution is -2.62. The third-order valence-electron chi connectivity index (χ3n) is 4.47. The fourth-order valence-corrected chi connectivity index (χ4v) is 3.04. The monoisotopic (exact) mass is 376 g/mol. The molecular weight excluding hydrogens is 356 g/mol. The highest BCUT2D eigenvalue weighted by molar-refractivity contribution is 5.00. The summed E-state index contributed by atoms with van der Waals surface area (Å²) < 4.78 is 10.8. The third kappa shape index (κ3) is 4.00. The van der Waals surface area contributed by atoms with Crippen LogP contribution in [-0.4, -0.2) is 98.3 Å². The normalized spacial score (nSPS) is 46.1. The van der Waals surface area contributed by atoms with Crippen molar-refractivity contribution >= 4 is 0 Å². The van der Waals surface area contributed by atoms with Gasteiger partial charge in [0, 0.05) is 9.82 Å². The quantitative estimate of drug-likeness (QED) is 0.172. The minimum Gasteiger partial charge on any atom is -0.394 e. The summed E-state index contributed by atoms with van der Waals surface area (Å²) in [5, 5.41) is 65.6. The van der Waals surface area contributed by atoms with Gasteiger partial charge in [0.2, 0.25) is 0 Å². The Morgan fingerprint density at radius 3 is 2.19 bits per heavy atom. The average molecular weight is 376 g/mol. The van der Waals surface area contributed by atoms with Crippen molar-refractivity contribution in [2.75, 3.05) is 6.61 Å². The Kier molecular flexibility index (Phi) is 6.97. The van der Waals surface area contributed by atoms with Crippen LogP contribution in [0.3, 0.4) is 0 Å². The molecule has 0 radical (unpaired) electrons. The van der Waals surface area contributed by atoms with Crippen molar-refractivity contribution in [1.29, 1.82) is 0 Å². The fraction of sp³-hybridized carbons (Fsp3) is 1.00. The number of hydrogen-bond donors (Lipinski definition) is 6.